The minimum atomic E-state index is 0.374. The first-order valence-electron chi connectivity index (χ1n) is 9.75. The van der Waals surface area contributed by atoms with Gasteiger partial charge < -0.3 is 14.6 Å². The van der Waals surface area contributed by atoms with Crippen molar-refractivity contribution in [2.24, 2.45) is 0 Å². The quantitative estimate of drug-likeness (QED) is 0.908. The Morgan fingerprint density at radius 3 is 2.65 bits per heavy atom. The molecule has 0 radical (unpaired) electrons. The van der Waals surface area contributed by atoms with E-state index in [4.69, 9.17) is 9.47 Å². The fraction of sp³-hybridized carbons (Fsp3) is 0.455. The van der Waals surface area contributed by atoms with E-state index in [1.54, 1.807) is 0 Å². The van der Waals surface area contributed by atoms with Gasteiger partial charge in [-0.25, -0.2) is 0 Å². The lowest BCUT2D eigenvalue weighted by Crippen LogP contribution is -2.23. The van der Waals surface area contributed by atoms with Crippen molar-refractivity contribution in [1.82, 2.24) is 4.90 Å². The molecule has 0 aromatic heterocycles. The van der Waals surface area contributed by atoms with Crippen molar-refractivity contribution in [3.05, 3.63) is 52.6 Å². The zero-order valence-corrected chi connectivity index (χ0v) is 15.0. The molecular weight excluding hydrogens is 326 g/mol. The van der Waals surface area contributed by atoms with Crippen LogP contribution in [0.15, 0.2) is 30.3 Å². The molecule has 0 bridgehead atoms. The Morgan fingerprint density at radius 2 is 1.77 bits per heavy atom. The topological polar surface area (TPSA) is 41.9 Å². The van der Waals surface area contributed by atoms with Crippen LogP contribution >= 0.6 is 0 Å². The largest absolute Gasteiger partial charge is 0.508 e. The van der Waals surface area contributed by atoms with Crippen molar-refractivity contribution in [1.29, 1.82) is 0 Å². The molecule has 0 spiro atoms. The van der Waals surface area contributed by atoms with E-state index in [-0.39, 0.29) is 0 Å². The molecule has 0 amide bonds. The second-order valence-electron chi connectivity index (χ2n) is 7.63. The number of likely N-dealkylation sites (tertiary alicyclic amines) is 1. The van der Waals surface area contributed by atoms with Gasteiger partial charge in [-0.15, -0.1) is 0 Å². The number of aryl methyl sites for hydroxylation is 2. The molecule has 2 aromatic carbocycles. The number of hydrogen-bond donors (Lipinski definition) is 1. The highest BCUT2D eigenvalue weighted by atomic mass is 16.6. The lowest BCUT2D eigenvalue weighted by molar-refractivity contribution is 0.170. The number of ether oxygens (including phenoxy) is 2. The number of benzene rings is 2. The van der Waals surface area contributed by atoms with Crippen molar-refractivity contribution in [3.8, 4) is 17.2 Å². The van der Waals surface area contributed by atoms with Gasteiger partial charge in [0.05, 0.1) is 0 Å². The molecule has 1 unspecified atom stereocenters. The van der Waals surface area contributed by atoms with Crippen molar-refractivity contribution in [2.75, 3.05) is 19.8 Å². The average molecular weight is 351 g/mol. The summed E-state index contributed by atoms with van der Waals surface area (Å²) in [5.41, 5.74) is 5.10. The molecule has 4 heteroatoms. The number of aromatic hydroxyl groups is 1. The van der Waals surface area contributed by atoms with E-state index in [1.807, 2.05) is 12.1 Å². The molecule has 0 saturated carbocycles. The van der Waals surface area contributed by atoms with E-state index < -0.39 is 0 Å². The minimum absolute atomic E-state index is 0.374. The van der Waals surface area contributed by atoms with Crippen LogP contribution in [0.4, 0.5) is 0 Å². The number of rotatable bonds is 3. The minimum Gasteiger partial charge on any atom is -0.508 e. The summed E-state index contributed by atoms with van der Waals surface area (Å²) in [6, 6.07) is 10.9. The van der Waals surface area contributed by atoms with Gasteiger partial charge in [0, 0.05) is 18.2 Å². The average Bonchev–Trinajstić information content (AvgIpc) is 3.31. The zero-order valence-electron chi connectivity index (χ0n) is 15.0. The molecule has 136 valence electrons. The number of hydrogen-bond acceptors (Lipinski definition) is 4. The summed E-state index contributed by atoms with van der Waals surface area (Å²) in [6.45, 7) is 3.11. The van der Waals surface area contributed by atoms with Crippen LogP contribution < -0.4 is 9.47 Å². The number of nitrogens with zero attached hydrogens (tertiary/aromatic N) is 1. The fourth-order valence-corrected chi connectivity index (χ4v) is 4.67. The number of phenolic OH excluding ortho intramolecular Hbond substituents is 1. The Bertz CT molecular complexity index is 832. The summed E-state index contributed by atoms with van der Waals surface area (Å²) in [5, 5.41) is 10.5. The maximum Gasteiger partial charge on any atom is 0.161 e. The second kappa shape index (κ2) is 6.51. The smallest absolute Gasteiger partial charge is 0.161 e. The van der Waals surface area contributed by atoms with E-state index in [1.165, 1.54) is 29.5 Å². The van der Waals surface area contributed by atoms with E-state index in [9.17, 15) is 5.11 Å². The van der Waals surface area contributed by atoms with Crippen LogP contribution in [-0.2, 0) is 19.4 Å². The van der Waals surface area contributed by atoms with E-state index in [0.717, 1.165) is 49.4 Å². The number of fused-ring (bicyclic) bond motifs is 2. The third kappa shape index (κ3) is 2.82. The Labute approximate surface area is 154 Å². The predicted octanol–water partition coefficient (Wildman–Crippen LogP) is 3.99. The monoisotopic (exact) mass is 351 g/mol. The van der Waals surface area contributed by atoms with Gasteiger partial charge in [0.15, 0.2) is 11.5 Å². The van der Waals surface area contributed by atoms with Gasteiger partial charge in [0.1, 0.15) is 19.0 Å². The third-order valence-electron chi connectivity index (χ3n) is 5.98. The highest BCUT2D eigenvalue weighted by Crippen LogP contribution is 2.39. The first-order valence-corrected chi connectivity index (χ1v) is 9.75. The van der Waals surface area contributed by atoms with Crippen LogP contribution in [0.1, 0.15) is 47.6 Å². The van der Waals surface area contributed by atoms with Gasteiger partial charge in [-0.3, -0.25) is 4.90 Å². The van der Waals surface area contributed by atoms with E-state index >= 15 is 0 Å². The van der Waals surface area contributed by atoms with Crippen molar-refractivity contribution >= 4 is 0 Å². The summed E-state index contributed by atoms with van der Waals surface area (Å²) >= 11 is 0. The van der Waals surface area contributed by atoms with Gasteiger partial charge in [-0.1, -0.05) is 12.1 Å². The van der Waals surface area contributed by atoms with Crippen molar-refractivity contribution in [2.45, 2.75) is 44.7 Å². The second-order valence-corrected chi connectivity index (χ2v) is 7.63. The first kappa shape index (κ1) is 16.0. The number of phenols is 1. The van der Waals surface area contributed by atoms with Crippen LogP contribution in [0.25, 0.3) is 0 Å². The Balaban J connectivity index is 1.39. The Kier molecular flexibility index (Phi) is 4.01. The molecule has 3 aliphatic rings. The Hall–Kier alpha value is -2.20. The highest BCUT2D eigenvalue weighted by Gasteiger charge is 2.28. The molecule has 1 fully saturated rings. The molecule has 4 nitrogen and oxygen atoms in total. The summed E-state index contributed by atoms with van der Waals surface area (Å²) in [6.07, 6.45) is 5.79. The molecule has 2 aromatic rings. The molecular formula is C22H25NO3. The Morgan fingerprint density at radius 1 is 0.962 bits per heavy atom. The van der Waals surface area contributed by atoms with Gasteiger partial charge in [0.25, 0.3) is 0 Å². The summed E-state index contributed by atoms with van der Waals surface area (Å²) in [5.74, 6) is 2.17. The van der Waals surface area contributed by atoms with Crippen LogP contribution in [-0.4, -0.2) is 29.8 Å². The predicted molar refractivity (Wildman–Crippen MR) is 99.9 cm³/mol. The van der Waals surface area contributed by atoms with Gasteiger partial charge in [-0.05, 0) is 73.5 Å². The van der Waals surface area contributed by atoms with Gasteiger partial charge in [0.2, 0.25) is 0 Å². The molecule has 1 saturated heterocycles. The molecule has 2 aliphatic heterocycles. The van der Waals surface area contributed by atoms with Crippen LogP contribution in [0.2, 0.25) is 0 Å². The van der Waals surface area contributed by atoms with Crippen molar-refractivity contribution < 1.29 is 14.6 Å². The molecule has 1 N–H and O–H groups in total. The van der Waals surface area contributed by atoms with Gasteiger partial charge in [-0.2, -0.15) is 0 Å². The molecule has 26 heavy (non-hydrogen) atoms. The maximum absolute atomic E-state index is 10.5. The lowest BCUT2D eigenvalue weighted by Gasteiger charge is -2.27. The zero-order chi connectivity index (χ0) is 17.5. The standard InChI is InChI=1S/C22H25NO3/c24-20-12-16-4-1-3-15(16)11-18(20)14-23-8-2-5-19(23)17-6-7-21-22(13-17)26-10-9-25-21/h6-7,11-13,19,24H,1-5,8-10,14H2. The summed E-state index contributed by atoms with van der Waals surface area (Å²) in [4.78, 5) is 2.49. The van der Waals surface area contributed by atoms with E-state index in [2.05, 4.69) is 23.1 Å². The molecule has 5 rings (SSSR count). The van der Waals surface area contributed by atoms with Gasteiger partial charge >= 0.3 is 0 Å². The van der Waals surface area contributed by atoms with Crippen molar-refractivity contribution in [3.63, 3.8) is 0 Å². The summed E-state index contributed by atoms with van der Waals surface area (Å²) < 4.78 is 11.4. The SMILES string of the molecule is Oc1cc2c(cc1CN1CCCC1c1ccc3c(c1)OCCO3)CCC2. The normalized spacial score (nSPS) is 21.8. The third-order valence-corrected chi connectivity index (χ3v) is 5.98. The molecule has 1 atom stereocenters. The van der Waals surface area contributed by atoms with Crippen LogP contribution in [0, 0.1) is 0 Å². The molecule has 2 heterocycles. The molecule has 1 aliphatic carbocycles. The maximum atomic E-state index is 10.5. The van der Waals surface area contributed by atoms with Crippen LogP contribution in [0.5, 0.6) is 17.2 Å². The first-order chi connectivity index (χ1) is 12.8. The fourth-order valence-electron chi connectivity index (χ4n) is 4.67. The lowest BCUT2D eigenvalue weighted by atomic mass is 10.0. The van der Waals surface area contributed by atoms with E-state index in [0.29, 0.717) is 25.0 Å². The highest BCUT2D eigenvalue weighted by molar-refractivity contribution is 5.46. The van der Waals surface area contributed by atoms with Crippen LogP contribution in [0.3, 0.4) is 0 Å². The summed E-state index contributed by atoms with van der Waals surface area (Å²) in [7, 11) is 0.